The summed E-state index contributed by atoms with van der Waals surface area (Å²) in [6, 6.07) is 14.2. The molecule has 12 heteroatoms. The van der Waals surface area contributed by atoms with Gasteiger partial charge in [0.2, 0.25) is 29.5 Å². The summed E-state index contributed by atoms with van der Waals surface area (Å²) in [5.41, 5.74) is 7.12. The topological polar surface area (TPSA) is 129 Å². The van der Waals surface area contributed by atoms with E-state index in [0.29, 0.717) is 40.3 Å². The lowest BCUT2D eigenvalue weighted by Gasteiger charge is -2.18. The number of nitrogens with one attached hydrogen (secondary N) is 1. The Morgan fingerprint density at radius 3 is 2.55 bits per heavy atom. The first kappa shape index (κ1) is 26.0. The smallest absolute Gasteiger partial charge is 0.249 e. The molecule has 1 fully saturated rings. The Balaban J connectivity index is 1.29. The van der Waals surface area contributed by atoms with Gasteiger partial charge in [0.15, 0.2) is 0 Å². The monoisotopic (exact) mass is 578 g/mol. The number of primary amides is 1. The second-order valence-corrected chi connectivity index (χ2v) is 10.4. The van der Waals surface area contributed by atoms with Gasteiger partial charge in [0.25, 0.3) is 0 Å². The minimum atomic E-state index is -1.16. The van der Waals surface area contributed by atoms with Gasteiger partial charge in [0, 0.05) is 46.9 Å². The molecule has 1 aliphatic rings. The van der Waals surface area contributed by atoms with Crippen molar-refractivity contribution in [3.63, 3.8) is 0 Å². The maximum absolute atomic E-state index is 14.6. The normalized spacial score (nSPS) is 13.9. The molecule has 2 aromatic carbocycles. The van der Waals surface area contributed by atoms with Crippen molar-refractivity contribution in [2.24, 2.45) is 5.73 Å². The van der Waals surface area contributed by atoms with Crippen LogP contribution < -0.4 is 11.1 Å². The lowest BCUT2D eigenvalue weighted by Crippen LogP contribution is -2.36. The maximum Gasteiger partial charge on any atom is 0.249 e. The van der Waals surface area contributed by atoms with Crippen molar-refractivity contribution in [1.82, 2.24) is 25.0 Å². The Hall–Kier alpha value is -4.28. The van der Waals surface area contributed by atoms with Crippen LogP contribution in [0.5, 0.6) is 0 Å². The summed E-state index contributed by atoms with van der Waals surface area (Å²) in [7, 11) is 0. The Labute approximate surface area is 237 Å². The predicted molar refractivity (Wildman–Crippen MR) is 147 cm³/mol. The number of rotatable bonds is 7. The summed E-state index contributed by atoms with van der Waals surface area (Å²) < 4.78 is 21.7. The van der Waals surface area contributed by atoms with Crippen molar-refractivity contribution in [1.29, 1.82) is 0 Å². The van der Waals surface area contributed by atoms with E-state index >= 15 is 0 Å². The molecule has 0 unspecified atom stereocenters. The number of carbonyl (C=O) groups excluding carboxylic acids is 2. The molecule has 1 aliphatic carbocycles. The number of benzene rings is 2. The second kappa shape index (κ2) is 9.72. The molecule has 0 radical (unpaired) electrons. The van der Waals surface area contributed by atoms with E-state index in [1.54, 1.807) is 19.1 Å². The maximum atomic E-state index is 14.6. The van der Waals surface area contributed by atoms with E-state index < -0.39 is 17.3 Å². The molecular formula is C28H21Cl2FN6O3. The van der Waals surface area contributed by atoms with Crippen molar-refractivity contribution >= 4 is 45.9 Å². The fraction of sp³-hybridized carbons (Fsp3) is 0.179. The van der Waals surface area contributed by atoms with Crippen LogP contribution in [0, 0.1) is 12.9 Å². The average Bonchev–Trinajstić information content (AvgIpc) is 3.55. The highest BCUT2D eigenvalue weighted by molar-refractivity contribution is 6.39. The fourth-order valence-electron chi connectivity index (χ4n) is 5.01. The van der Waals surface area contributed by atoms with Crippen molar-refractivity contribution in [3.8, 4) is 17.2 Å². The highest BCUT2D eigenvalue weighted by atomic mass is 35.5. The number of nitrogens with two attached hydrogens (primary N) is 1. The predicted octanol–water partition coefficient (Wildman–Crippen LogP) is 5.28. The molecule has 9 nitrogen and oxygen atoms in total. The van der Waals surface area contributed by atoms with E-state index in [9.17, 15) is 14.0 Å². The van der Waals surface area contributed by atoms with Gasteiger partial charge >= 0.3 is 0 Å². The third-order valence-corrected chi connectivity index (χ3v) is 7.71. The summed E-state index contributed by atoms with van der Waals surface area (Å²) in [6.45, 7) is 1.88. The molecule has 1 saturated carbocycles. The van der Waals surface area contributed by atoms with Crippen LogP contribution in [0.4, 0.5) is 4.39 Å². The number of pyridine rings is 1. The van der Waals surface area contributed by atoms with Gasteiger partial charge < -0.3 is 20.1 Å². The Bertz CT molecular complexity index is 1810. The van der Waals surface area contributed by atoms with Gasteiger partial charge in [-0.3, -0.25) is 9.59 Å². The number of aryl methyl sites for hydroxylation is 1. The first-order valence-corrected chi connectivity index (χ1v) is 13.1. The van der Waals surface area contributed by atoms with Crippen molar-refractivity contribution in [2.75, 3.05) is 0 Å². The number of hydrogen-bond donors (Lipinski definition) is 2. The van der Waals surface area contributed by atoms with E-state index in [0.717, 1.165) is 28.4 Å². The molecular weight excluding hydrogens is 558 g/mol. The number of halogens is 3. The summed E-state index contributed by atoms with van der Waals surface area (Å²) >= 11 is 13.0. The number of aromatic nitrogens is 4. The zero-order valence-electron chi connectivity index (χ0n) is 21.0. The third kappa shape index (κ3) is 4.29. The minimum Gasteiger partial charge on any atom is -0.366 e. The Kier molecular flexibility index (Phi) is 6.31. The van der Waals surface area contributed by atoms with Gasteiger partial charge in [-0.2, -0.15) is 9.37 Å². The molecule has 0 aliphatic heterocycles. The number of nitrogens with zero attached hydrogens (tertiary/aromatic N) is 4. The van der Waals surface area contributed by atoms with Crippen LogP contribution in [0.1, 0.15) is 40.2 Å². The second-order valence-electron chi connectivity index (χ2n) is 9.62. The van der Waals surface area contributed by atoms with E-state index in [2.05, 4.69) is 20.4 Å². The zero-order chi connectivity index (χ0) is 28.2. The molecule has 2 amide bonds. The largest absolute Gasteiger partial charge is 0.366 e. The SMILES string of the molecule is Cc1nc(-c2c(Cl)c3cc(Cl)ccc3n2-c2ccc(CNC(=O)C3(c4c(C(N)=O)ccnc4F)CC3)cc2)no1. The van der Waals surface area contributed by atoms with Crippen LogP contribution in [0.25, 0.3) is 28.1 Å². The zero-order valence-corrected chi connectivity index (χ0v) is 22.6. The van der Waals surface area contributed by atoms with Crippen LogP contribution in [0.2, 0.25) is 10.0 Å². The number of fused-ring (bicyclic) bond motifs is 1. The summed E-state index contributed by atoms with van der Waals surface area (Å²) in [5.74, 6) is -1.32. The molecule has 0 bridgehead atoms. The highest BCUT2D eigenvalue weighted by Crippen LogP contribution is 2.50. The van der Waals surface area contributed by atoms with Crippen LogP contribution in [-0.2, 0) is 16.8 Å². The average molecular weight is 579 g/mol. The van der Waals surface area contributed by atoms with Gasteiger partial charge in [-0.15, -0.1) is 0 Å². The molecule has 40 heavy (non-hydrogen) atoms. The number of amides is 2. The van der Waals surface area contributed by atoms with Crippen LogP contribution in [-0.4, -0.2) is 31.5 Å². The van der Waals surface area contributed by atoms with E-state index in [4.69, 9.17) is 33.5 Å². The molecule has 3 N–H and O–H groups in total. The van der Waals surface area contributed by atoms with E-state index in [1.165, 1.54) is 6.07 Å². The van der Waals surface area contributed by atoms with Crippen molar-refractivity contribution < 1.29 is 18.5 Å². The molecule has 6 rings (SSSR count). The third-order valence-electron chi connectivity index (χ3n) is 7.09. The van der Waals surface area contributed by atoms with Crippen LogP contribution in [0.15, 0.2) is 59.3 Å². The van der Waals surface area contributed by atoms with Crippen molar-refractivity contribution in [3.05, 3.63) is 93.3 Å². The molecule has 5 aromatic rings. The molecule has 3 heterocycles. The molecule has 3 aromatic heterocycles. The lowest BCUT2D eigenvalue weighted by atomic mass is 9.91. The quantitative estimate of drug-likeness (QED) is 0.253. The van der Waals surface area contributed by atoms with Gasteiger partial charge in [-0.25, -0.2) is 4.98 Å². The van der Waals surface area contributed by atoms with Crippen molar-refractivity contribution in [2.45, 2.75) is 31.7 Å². The van der Waals surface area contributed by atoms with Gasteiger partial charge in [-0.1, -0.05) is 40.5 Å². The Morgan fingerprint density at radius 1 is 1.15 bits per heavy atom. The fourth-order valence-corrected chi connectivity index (χ4v) is 5.51. The highest BCUT2D eigenvalue weighted by Gasteiger charge is 2.54. The molecule has 0 saturated heterocycles. The van der Waals surface area contributed by atoms with Crippen LogP contribution in [0.3, 0.4) is 0 Å². The van der Waals surface area contributed by atoms with Gasteiger partial charge in [-0.05, 0) is 54.8 Å². The lowest BCUT2D eigenvalue weighted by molar-refractivity contribution is -0.123. The molecule has 0 atom stereocenters. The van der Waals surface area contributed by atoms with Crippen LogP contribution >= 0.6 is 23.2 Å². The van der Waals surface area contributed by atoms with E-state index in [-0.39, 0.29) is 23.6 Å². The van der Waals surface area contributed by atoms with Gasteiger partial charge in [0.1, 0.15) is 5.69 Å². The summed E-state index contributed by atoms with van der Waals surface area (Å²) in [4.78, 5) is 33.1. The number of carbonyl (C=O) groups is 2. The summed E-state index contributed by atoms with van der Waals surface area (Å²) in [5, 5.41) is 8.64. The van der Waals surface area contributed by atoms with E-state index in [1.807, 2.05) is 34.9 Å². The molecule has 0 spiro atoms. The summed E-state index contributed by atoms with van der Waals surface area (Å²) in [6.07, 6.45) is 1.95. The Morgan fingerprint density at radius 2 is 1.90 bits per heavy atom. The minimum absolute atomic E-state index is 0.0315. The number of hydrogen-bond acceptors (Lipinski definition) is 6. The van der Waals surface area contributed by atoms with Gasteiger partial charge in [0.05, 0.1) is 16.0 Å². The first-order valence-electron chi connectivity index (χ1n) is 12.3. The molecule has 202 valence electrons. The first-order chi connectivity index (χ1) is 19.2. The standard InChI is InChI=1S/C28H21Cl2FN6O3/c1-14-35-26(36-40-14)23-22(30)19-12-16(29)4-7-20(19)37(23)17-5-2-15(3-6-17)13-34-27(39)28(9-10-28)21-18(25(32)38)8-11-33-24(21)31/h2-8,11-12H,9-10,13H2,1H3,(H2,32,38)(H,34,39).